The minimum absolute atomic E-state index is 0.0693. The van der Waals surface area contributed by atoms with Gasteiger partial charge in [0, 0.05) is 19.9 Å². The molecule has 2 aliphatic rings. The zero-order valence-electron chi connectivity index (χ0n) is 34.7. The van der Waals surface area contributed by atoms with Gasteiger partial charge >= 0.3 is 5.97 Å². The van der Waals surface area contributed by atoms with E-state index in [0.29, 0.717) is 49.5 Å². The third-order valence-electron chi connectivity index (χ3n) is 10.9. The summed E-state index contributed by atoms with van der Waals surface area (Å²) in [5, 5.41) is 25.6. The summed E-state index contributed by atoms with van der Waals surface area (Å²) in [7, 11) is -4.49. The van der Waals surface area contributed by atoms with Crippen molar-refractivity contribution in [3.8, 4) is 34.4 Å². The summed E-state index contributed by atoms with van der Waals surface area (Å²) in [5.41, 5.74) is 5.80. The summed E-state index contributed by atoms with van der Waals surface area (Å²) in [6.45, 7) is 2.94. The number of carbonyl (C=O) groups is 3. The van der Waals surface area contributed by atoms with Gasteiger partial charge < -0.3 is 30.0 Å². The van der Waals surface area contributed by atoms with E-state index in [0.717, 1.165) is 37.9 Å². The van der Waals surface area contributed by atoms with Crippen LogP contribution in [0.15, 0.2) is 107 Å². The molecular weight excluding hydrogens is 914 g/mol. The van der Waals surface area contributed by atoms with E-state index in [1.807, 2.05) is 54.6 Å². The topological polar surface area (TPSA) is 197 Å². The van der Waals surface area contributed by atoms with Crippen molar-refractivity contribution in [2.75, 3.05) is 11.9 Å². The number of carboxylic acids is 1. The van der Waals surface area contributed by atoms with Gasteiger partial charge in [0.05, 0.1) is 27.4 Å². The average Bonchev–Trinajstić information content (AvgIpc) is 3.67. The summed E-state index contributed by atoms with van der Waals surface area (Å²) in [5.74, 6) is -1.16. The van der Waals surface area contributed by atoms with Crippen LogP contribution < -0.4 is 24.8 Å². The van der Waals surface area contributed by atoms with E-state index >= 15 is 0 Å². The predicted molar refractivity (Wildman–Crippen MR) is 244 cm³/mol. The van der Waals surface area contributed by atoms with Crippen LogP contribution in [0.1, 0.15) is 52.1 Å². The lowest BCUT2D eigenvalue weighted by Crippen LogP contribution is -2.55. The first-order valence-corrected chi connectivity index (χ1v) is 23.2. The van der Waals surface area contributed by atoms with Crippen molar-refractivity contribution in [3.63, 3.8) is 0 Å². The molecule has 65 heavy (non-hydrogen) atoms. The molecule has 0 fully saturated rings. The number of nitrogens with one attached hydrogen (secondary N) is 2. The monoisotopic (exact) mass is 951 g/mol. The molecule has 3 atom stereocenters. The van der Waals surface area contributed by atoms with E-state index in [-0.39, 0.29) is 47.6 Å². The fourth-order valence-electron chi connectivity index (χ4n) is 7.55. The number of aliphatic carboxylic acids is 1. The highest BCUT2D eigenvalue weighted by molar-refractivity contribution is 7.91. The fourth-order valence-corrected chi connectivity index (χ4v) is 11.0. The molecule has 1 aromatic heterocycles. The maximum atomic E-state index is 14.6. The van der Waals surface area contributed by atoms with Gasteiger partial charge in [-0.2, -0.15) is 9.57 Å². The summed E-state index contributed by atoms with van der Waals surface area (Å²) >= 11 is 12.9. The molecule has 2 aliphatic heterocycles. The molecule has 332 valence electrons. The number of carbonyl (C=O) groups excluding carboxylic acids is 2. The molecular formula is C47H39Cl2N5O9S2. The number of aromatic nitrogens is 1. The largest absolute Gasteiger partial charge is 0.489 e. The van der Waals surface area contributed by atoms with E-state index < -0.39 is 46.0 Å². The number of halogens is 2. The number of sulfonamides is 1. The molecule has 6 aromatic rings. The van der Waals surface area contributed by atoms with E-state index in [4.69, 9.17) is 42.7 Å². The third-order valence-corrected chi connectivity index (χ3v) is 15.1. The fraction of sp³-hybridized carbons (Fsp3) is 0.213. The smallest absolute Gasteiger partial charge is 0.326 e. The van der Waals surface area contributed by atoms with E-state index in [1.54, 1.807) is 48.5 Å². The first-order valence-electron chi connectivity index (χ1n) is 20.2. The second kappa shape index (κ2) is 18.9. The number of hydrogen-bond donors (Lipinski definition) is 3. The van der Waals surface area contributed by atoms with Crippen molar-refractivity contribution >= 4 is 67.5 Å². The Kier molecular flexibility index (Phi) is 13.1. The van der Waals surface area contributed by atoms with Crippen molar-refractivity contribution in [2.24, 2.45) is 0 Å². The zero-order valence-corrected chi connectivity index (χ0v) is 37.9. The van der Waals surface area contributed by atoms with Crippen LogP contribution in [0.5, 0.6) is 17.2 Å². The minimum Gasteiger partial charge on any atom is -0.489 e. The summed E-state index contributed by atoms with van der Waals surface area (Å²) in [6.07, 6.45) is -0.724. The number of benzene rings is 5. The van der Waals surface area contributed by atoms with Crippen LogP contribution in [0.25, 0.3) is 11.1 Å². The molecule has 18 heteroatoms. The van der Waals surface area contributed by atoms with Gasteiger partial charge in [0.15, 0.2) is 26.9 Å². The second-order valence-electron chi connectivity index (χ2n) is 15.4. The van der Waals surface area contributed by atoms with Gasteiger partial charge in [-0.25, -0.2) is 18.2 Å². The summed E-state index contributed by atoms with van der Waals surface area (Å²) in [6, 6.07) is 29.5. The highest BCUT2D eigenvalue weighted by Crippen LogP contribution is 2.42. The molecule has 3 heterocycles. The molecule has 5 aromatic carbocycles. The number of amides is 2. The third kappa shape index (κ3) is 10.1. The summed E-state index contributed by atoms with van der Waals surface area (Å²) in [4.78, 5) is 43.1. The van der Waals surface area contributed by atoms with Crippen molar-refractivity contribution < 1.29 is 42.1 Å². The Morgan fingerprint density at radius 3 is 2.28 bits per heavy atom. The van der Waals surface area contributed by atoms with Gasteiger partial charge in [0.25, 0.3) is 10.0 Å². The number of rotatable bonds is 13. The van der Waals surface area contributed by atoms with Gasteiger partial charge in [0.2, 0.25) is 11.8 Å². The van der Waals surface area contributed by atoms with E-state index in [2.05, 4.69) is 21.7 Å². The lowest BCUT2D eigenvalue weighted by molar-refractivity contribution is -0.142. The van der Waals surface area contributed by atoms with Crippen LogP contribution in [0, 0.1) is 18.3 Å². The SMILES string of the molecule is CC(=O)Nc1nc(C)c(S(=O)(=O)N2Cc3cc4c(cc3C[C@H]2C(=O)NC(Cc2ccc(-c3ccc(C#N)cc3)cc2)C(=O)O)OC[C@H](c2ccc(OCc3ccc(Cl)c(Cl)c3)cc2)O4)s1. The molecule has 0 bridgehead atoms. The number of nitrogens with zero attached hydrogens (tertiary/aromatic N) is 3. The van der Waals surface area contributed by atoms with Crippen LogP contribution in [0.2, 0.25) is 10.0 Å². The Morgan fingerprint density at radius 2 is 1.62 bits per heavy atom. The Morgan fingerprint density at radius 1 is 0.938 bits per heavy atom. The van der Waals surface area contributed by atoms with Crippen molar-refractivity contribution in [1.29, 1.82) is 5.26 Å². The van der Waals surface area contributed by atoms with Crippen LogP contribution in [0.4, 0.5) is 5.13 Å². The van der Waals surface area contributed by atoms with Crippen molar-refractivity contribution in [1.82, 2.24) is 14.6 Å². The quantitative estimate of drug-likeness (QED) is 0.101. The molecule has 14 nitrogen and oxygen atoms in total. The van der Waals surface area contributed by atoms with Gasteiger partial charge in [-0.05, 0) is 101 Å². The second-order valence-corrected chi connectivity index (χ2v) is 19.3. The van der Waals surface area contributed by atoms with Gasteiger partial charge in [0.1, 0.15) is 31.0 Å². The number of fused-ring (bicyclic) bond motifs is 2. The van der Waals surface area contributed by atoms with Gasteiger partial charge in [-0.3, -0.25) is 9.59 Å². The Balaban J connectivity index is 1.03. The number of nitriles is 1. The van der Waals surface area contributed by atoms with Crippen LogP contribution in [-0.2, 0) is 50.4 Å². The van der Waals surface area contributed by atoms with E-state index in [9.17, 15) is 27.9 Å². The number of thiazole rings is 1. The minimum atomic E-state index is -4.49. The standard InChI is InChI=1S/C47H39Cl2N5O9S2/c1-26-46(64-47(51-26)52-27(2)55)65(59,60)54-23-35-21-42-41(62-25-43(63-42)33-12-14-36(15-13-33)61-24-30-7-16-37(48)38(49)17-30)20-34(35)19-40(54)44(56)53-39(45(57)58)18-28-3-8-31(9-4-28)32-10-5-29(22-50)6-11-32/h3-17,20-21,39-40,43H,18-19,23-25H2,1-2H3,(H,53,56)(H,57,58)(H,51,52,55)/t39?,40-,43+/m0/s1. The number of anilines is 1. The van der Waals surface area contributed by atoms with Crippen LogP contribution in [0.3, 0.4) is 0 Å². The Hall–Kier alpha value is -6.48. The zero-order chi connectivity index (χ0) is 46.0. The normalized spacial score (nSPS) is 16.1. The van der Waals surface area contributed by atoms with Gasteiger partial charge in [-0.15, -0.1) is 0 Å². The maximum absolute atomic E-state index is 14.6. The molecule has 1 unspecified atom stereocenters. The molecule has 2 amide bonds. The van der Waals surface area contributed by atoms with Gasteiger partial charge in [-0.1, -0.05) is 89.1 Å². The highest BCUT2D eigenvalue weighted by atomic mass is 35.5. The predicted octanol–water partition coefficient (Wildman–Crippen LogP) is 8.27. The molecule has 3 N–H and O–H groups in total. The van der Waals surface area contributed by atoms with Crippen LogP contribution >= 0.6 is 34.5 Å². The first-order chi connectivity index (χ1) is 31.1. The number of aryl methyl sites for hydroxylation is 1. The van der Waals surface area contributed by atoms with Crippen molar-refractivity contribution in [2.45, 2.75) is 62.2 Å². The lowest BCUT2D eigenvalue weighted by Gasteiger charge is -2.36. The first kappa shape index (κ1) is 45.1. The highest BCUT2D eigenvalue weighted by Gasteiger charge is 2.43. The molecule has 0 radical (unpaired) electrons. The molecule has 0 saturated heterocycles. The lowest BCUT2D eigenvalue weighted by atomic mass is 9.94. The average molecular weight is 953 g/mol. The molecule has 0 aliphatic carbocycles. The Bertz CT molecular complexity index is 2960. The number of hydrogen-bond acceptors (Lipinski definition) is 11. The molecule has 8 rings (SSSR count). The Labute approximate surface area is 388 Å². The van der Waals surface area contributed by atoms with E-state index in [1.165, 1.54) is 13.8 Å². The molecule has 0 spiro atoms. The maximum Gasteiger partial charge on any atom is 0.326 e. The number of ether oxygens (including phenoxy) is 3. The summed E-state index contributed by atoms with van der Waals surface area (Å²) < 4.78 is 48.7. The number of carboxylic acid groups (broad SMARTS) is 1. The van der Waals surface area contributed by atoms with Crippen molar-refractivity contribution in [3.05, 3.63) is 152 Å². The van der Waals surface area contributed by atoms with Crippen LogP contribution in [-0.4, -0.2) is 59.3 Å². The molecule has 0 saturated carbocycles.